The zero-order valence-corrected chi connectivity index (χ0v) is 12.1. The molecule has 1 aliphatic heterocycles. The third-order valence-electron chi connectivity index (χ3n) is 4.26. The summed E-state index contributed by atoms with van der Waals surface area (Å²) in [6.45, 7) is 3.44. The van der Waals surface area contributed by atoms with Crippen molar-refractivity contribution in [1.29, 1.82) is 0 Å². The van der Waals surface area contributed by atoms with Crippen molar-refractivity contribution in [1.82, 2.24) is 4.90 Å². The van der Waals surface area contributed by atoms with Gasteiger partial charge < -0.3 is 10.0 Å². The van der Waals surface area contributed by atoms with Crippen molar-refractivity contribution >= 4 is 5.97 Å². The van der Waals surface area contributed by atoms with E-state index in [4.69, 9.17) is 5.11 Å². The van der Waals surface area contributed by atoms with Gasteiger partial charge in [0.15, 0.2) is 0 Å². The third kappa shape index (κ3) is 5.33. The Morgan fingerprint density at radius 3 is 2.55 bits per heavy atom. The Morgan fingerprint density at radius 1 is 1.20 bits per heavy atom. The van der Waals surface area contributed by atoms with Crippen molar-refractivity contribution in [2.45, 2.75) is 38.5 Å². The van der Waals surface area contributed by atoms with Crippen molar-refractivity contribution < 1.29 is 9.90 Å². The molecule has 1 aromatic rings. The van der Waals surface area contributed by atoms with Gasteiger partial charge in [0.25, 0.3) is 0 Å². The van der Waals surface area contributed by atoms with Gasteiger partial charge in [-0.1, -0.05) is 30.3 Å². The molecule has 2 rings (SSSR count). The fraction of sp³-hybridized carbons (Fsp3) is 0.588. The molecule has 1 aliphatic rings. The molecule has 1 saturated heterocycles. The number of hydrogen-bond acceptors (Lipinski definition) is 2. The van der Waals surface area contributed by atoms with Crippen LogP contribution in [0.25, 0.3) is 0 Å². The van der Waals surface area contributed by atoms with Crippen LogP contribution in [0.15, 0.2) is 30.3 Å². The fourth-order valence-corrected chi connectivity index (χ4v) is 2.98. The van der Waals surface area contributed by atoms with Crippen LogP contribution < -0.4 is 0 Å². The number of piperidine rings is 1. The van der Waals surface area contributed by atoms with Crippen molar-refractivity contribution in [3.05, 3.63) is 35.9 Å². The second-order valence-corrected chi connectivity index (χ2v) is 5.81. The molecule has 0 atom stereocenters. The Balaban J connectivity index is 1.59. The van der Waals surface area contributed by atoms with E-state index in [-0.39, 0.29) is 0 Å². The van der Waals surface area contributed by atoms with Gasteiger partial charge in [-0.25, -0.2) is 0 Å². The Kier molecular flexibility index (Phi) is 6.06. The summed E-state index contributed by atoms with van der Waals surface area (Å²) in [5.41, 5.74) is 1.42. The first-order valence-electron chi connectivity index (χ1n) is 7.72. The van der Waals surface area contributed by atoms with Crippen molar-refractivity contribution in [2.24, 2.45) is 5.92 Å². The number of nitrogens with zero attached hydrogens (tertiary/aromatic N) is 1. The van der Waals surface area contributed by atoms with E-state index in [1.54, 1.807) is 0 Å². The summed E-state index contributed by atoms with van der Waals surface area (Å²) in [4.78, 5) is 13.1. The third-order valence-corrected chi connectivity index (χ3v) is 4.26. The fourth-order valence-electron chi connectivity index (χ4n) is 2.98. The first-order chi connectivity index (χ1) is 9.74. The van der Waals surface area contributed by atoms with E-state index in [1.807, 2.05) is 0 Å². The zero-order valence-electron chi connectivity index (χ0n) is 12.1. The number of rotatable bonds is 7. The highest BCUT2D eigenvalue weighted by Gasteiger charge is 2.19. The van der Waals surface area contributed by atoms with E-state index < -0.39 is 5.97 Å². The molecule has 0 radical (unpaired) electrons. The van der Waals surface area contributed by atoms with Crippen LogP contribution in [0.3, 0.4) is 0 Å². The van der Waals surface area contributed by atoms with Crippen LogP contribution >= 0.6 is 0 Å². The summed E-state index contributed by atoms with van der Waals surface area (Å²) in [6.07, 6.45) is 5.88. The van der Waals surface area contributed by atoms with E-state index in [1.165, 1.54) is 31.4 Å². The molecule has 1 N–H and O–H groups in total. The van der Waals surface area contributed by atoms with Gasteiger partial charge in [0.1, 0.15) is 0 Å². The van der Waals surface area contributed by atoms with Crippen LogP contribution in [0.4, 0.5) is 0 Å². The highest BCUT2D eigenvalue weighted by molar-refractivity contribution is 5.66. The summed E-state index contributed by atoms with van der Waals surface area (Å²) in [7, 11) is 0. The lowest BCUT2D eigenvalue weighted by Crippen LogP contribution is -2.34. The molecular formula is C17H25NO2. The topological polar surface area (TPSA) is 40.5 Å². The quantitative estimate of drug-likeness (QED) is 0.830. The van der Waals surface area contributed by atoms with Gasteiger partial charge >= 0.3 is 5.97 Å². The number of benzene rings is 1. The number of hydrogen-bond donors (Lipinski definition) is 1. The Bertz CT molecular complexity index is 397. The van der Waals surface area contributed by atoms with Gasteiger partial charge in [0.2, 0.25) is 0 Å². The summed E-state index contributed by atoms with van der Waals surface area (Å²) in [5, 5.41) is 8.71. The highest BCUT2D eigenvalue weighted by atomic mass is 16.4. The Morgan fingerprint density at radius 2 is 1.90 bits per heavy atom. The Hall–Kier alpha value is -1.35. The predicted molar refractivity (Wildman–Crippen MR) is 80.8 cm³/mol. The average molecular weight is 275 g/mol. The maximum Gasteiger partial charge on any atom is 0.303 e. The van der Waals surface area contributed by atoms with E-state index >= 15 is 0 Å². The molecule has 0 amide bonds. The van der Waals surface area contributed by atoms with Crippen LogP contribution in [-0.4, -0.2) is 35.6 Å². The summed E-state index contributed by atoms with van der Waals surface area (Å²) < 4.78 is 0. The minimum atomic E-state index is -0.657. The molecule has 0 bridgehead atoms. The van der Waals surface area contributed by atoms with E-state index in [0.29, 0.717) is 12.3 Å². The van der Waals surface area contributed by atoms with E-state index in [2.05, 4.69) is 35.2 Å². The van der Waals surface area contributed by atoms with Crippen LogP contribution in [0.1, 0.15) is 37.7 Å². The number of carboxylic acids is 1. The molecule has 1 fully saturated rings. The Labute approximate surface area is 121 Å². The van der Waals surface area contributed by atoms with Gasteiger partial charge in [-0.2, -0.15) is 0 Å². The molecule has 0 unspecified atom stereocenters. The van der Waals surface area contributed by atoms with Crippen LogP contribution in [0.5, 0.6) is 0 Å². The average Bonchev–Trinajstić information content (AvgIpc) is 2.47. The summed E-state index contributed by atoms with van der Waals surface area (Å²) in [6, 6.07) is 10.6. The highest BCUT2D eigenvalue weighted by Crippen LogP contribution is 2.22. The standard InChI is InChI=1S/C17H25NO2/c19-17(20)9-8-16-10-13-18(14-11-16)12-4-7-15-5-2-1-3-6-15/h1-3,5-6,16H,4,7-14H2,(H,19,20). The first-order valence-corrected chi connectivity index (χ1v) is 7.72. The van der Waals surface area contributed by atoms with Gasteiger partial charge in [-0.05, 0) is 63.2 Å². The number of likely N-dealkylation sites (tertiary alicyclic amines) is 1. The van der Waals surface area contributed by atoms with Gasteiger partial charge in [0.05, 0.1) is 0 Å². The number of carboxylic acid groups (broad SMARTS) is 1. The first kappa shape index (κ1) is 15.0. The minimum absolute atomic E-state index is 0.332. The number of carbonyl (C=O) groups is 1. The second kappa shape index (κ2) is 8.05. The molecule has 20 heavy (non-hydrogen) atoms. The normalized spacial score (nSPS) is 17.2. The molecule has 3 nitrogen and oxygen atoms in total. The van der Waals surface area contributed by atoms with Gasteiger partial charge in [-0.3, -0.25) is 4.79 Å². The molecular weight excluding hydrogens is 250 g/mol. The number of aliphatic carboxylic acids is 1. The van der Waals surface area contributed by atoms with E-state index in [9.17, 15) is 4.79 Å². The summed E-state index contributed by atoms with van der Waals surface area (Å²) in [5.74, 6) is -0.0354. The molecule has 110 valence electrons. The molecule has 0 saturated carbocycles. The van der Waals surface area contributed by atoms with Crippen LogP contribution in [-0.2, 0) is 11.2 Å². The molecule has 1 aromatic carbocycles. The second-order valence-electron chi connectivity index (χ2n) is 5.81. The smallest absolute Gasteiger partial charge is 0.303 e. The largest absolute Gasteiger partial charge is 0.481 e. The molecule has 0 aliphatic carbocycles. The predicted octanol–water partition coefficient (Wildman–Crippen LogP) is 3.20. The van der Waals surface area contributed by atoms with Gasteiger partial charge in [-0.15, -0.1) is 0 Å². The zero-order chi connectivity index (χ0) is 14.2. The lowest BCUT2D eigenvalue weighted by molar-refractivity contribution is -0.137. The lowest BCUT2D eigenvalue weighted by Gasteiger charge is -2.31. The van der Waals surface area contributed by atoms with Gasteiger partial charge in [0, 0.05) is 6.42 Å². The SMILES string of the molecule is O=C(O)CCC1CCN(CCCc2ccccc2)CC1. The van der Waals surface area contributed by atoms with Crippen molar-refractivity contribution in [3.8, 4) is 0 Å². The van der Waals surface area contributed by atoms with E-state index in [0.717, 1.165) is 25.9 Å². The minimum Gasteiger partial charge on any atom is -0.481 e. The summed E-state index contributed by atoms with van der Waals surface area (Å²) >= 11 is 0. The monoisotopic (exact) mass is 275 g/mol. The maximum atomic E-state index is 10.6. The van der Waals surface area contributed by atoms with Crippen molar-refractivity contribution in [3.63, 3.8) is 0 Å². The number of aryl methyl sites for hydroxylation is 1. The molecule has 3 heteroatoms. The maximum absolute atomic E-state index is 10.6. The van der Waals surface area contributed by atoms with Crippen molar-refractivity contribution in [2.75, 3.05) is 19.6 Å². The van der Waals surface area contributed by atoms with Crippen LogP contribution in [0, 0.1) is 5.92 Å². The molecule has 1 heterocycles. The molecule has 0 aromatic heterocycles. The lowest BCUT2D eigenvalue weighted by atomic mass is 9.92. The van der Waals surface area contributed by atoms with Crippen LogP contribution in [0.2, 0.25) is 0 Å². The molecule has 0 spiro atoms.